The maximum absolute atomic E-state index is 12.4. The maximum Gasteiger partial charge on any atom is 0.472 e. The summed E-state index contributed by atoms with van der Waals surface area (Å²) in [5.41, 5.74) is 0. The van der Waals surface area contributed by atoms with Gasteiger partial charge in [-0.2, -0.15) is 0 Å². The van der Waals surface area contributed by atoms with Gasteiger partial charge in [0.25, 0.3) is 0 Å². The average Bonchev–Trinajstić information content (AvgIpc) is 3.05. The minimum Gasteiger partial charge on any atom is -0.462 e. The van der Waals surface area contributed by atoms with E-state index in [0.717, 1.165) is 38.5 Å². The normalized spacial score (nSPS) is 14.2. The zero-order chi connectivity index (χ0) is 34.9. The number of phosphoric ester groups is 1. The molecule has 0 heterocycles. The van der Waals surface area contributed by atoms with E-state index in [1.165, 1.54) is 89.9 Å². The van der Waals surface area contributed by atoms with Crippen molar-refractivity contribution in [1.82, 2.24) is 0 Å². The van der Waals surface area contributed by atoms with Gasteiger partial charge in [0.2, 0.25) is 0 Å². The molecule has 1 unspecified atom stereocenters. The molecule has 3 atom stereocenters. The molecule has 47 heavy (non-hydrogen) atoms. The van der Waals surface area contributed by atoms with E-state index < -0.39 is 51.8 Å². The molecule has 0 spiro atoms. The fraction of sp³-hybridized carbons (Fsp3) is 0.889. The number of carbonyl (C=O) groups is 2. The van der Waals surface area contributed by atoms with Gasteiger partial charge >= 0.3 is 19.8 Å². The zero-order valence-corrected chi connectivity index (χ0v) is 30.6. The molecule has 0 radical (unpaired) electrons. The van der Waals surface area contributed by atoms with E-state index in [9.17, 15) is 24.2 Å². The van der Waals surface area contributed by atoms with Crippen molar-refractivity contribution in [1.29, 1.82) is 0 Å². The van der Waals surface area contributed by atoms with Crippen LogP contribution in [0.15, 0.2) is 12.2 Å². The first-order valence-electron chi connectivity index (χ1n) is 18.6. The predicted octanol–water partition coefficient (Wildman–Crippen LogP) is 8.89. The molecule has 0 saturated carbocycles. The summed E-state index contributed by atoms with van der Waals surface area (Å²) < 4.78 is 32.4. The molecule has 0 aliphatic rings. The van der Waals surface area contributed by atoms with Crippen LogP contribution < -0.4 is 0 Å². The van der Waals surface area contributed by atoms with Gasteiger partial charge in [-0.05, 0) is 38.5 Å². The average molecular weight is 693 g/mol. The molecular weight excluding hydrogens is 623 g/mol. The van der Waals surface area contributed by atoms with Gasteiger partial charge in [-0.15, -0.1) is 0 Å². The number of allylic oxidation sites excluding steroid dienone is 2. The van der Waals surface area contributed by atoms with E-state index in [1.54, 1.807) is 0 Å². The third-order valence-corrected chi connectivity index (χ3v) is 8.87. The monoisotopic (exact) mass is 692 g/mol. The number of aliphatic hydroxyl groups is 2. The lowest BCUT2D eigenvalue weighted by Crippen LogP contribution is -2.29. The van der Waals surface area contributed by atoms with Crippen molar-refractivity contribution >= 4 is 19.8 Å². The van der Waals surface area contributed by atoms with Crippen molar-refractivity contribution in [2.45, 2.75) is 180 Å². The molecule has 0 saturated heterocycles. The van der Waals surface area contributed by atoms with E-state index in [4.69, 9.17) is 19.1 Å². The first-order chi connectivity index (χ1) is 22.7. The van der Waals surface area contributed by atoms with E-state index in [-0.39, 0.29) is 19.4 Å². The molecule has 0 fully saturated rings. The van der Waals surface area contributed by atoms with Crippen LogP contribution in [0.1, 0.15) is 168 Å². The topological polar surface area (TPSA) is 149 Å². The lowest BCUT2D eigenvalue weighted by Gasteiger charge is -2.20. The number of esters is 2. The highest BCUT2D eigenvalue weighted by atomic mass is 31.2. The summed E-state index contributed by atoms with van der Waals surface area (Å²) in [5.74, 6) is -0.930. The molecule has 0 aliphatic heterocycles. The highest BCUT2D eigenvalue weighted by Gasteiger charge is 2.27. The number of hydrogen-bond donors (Lipinski definition) is 3. The summed E-state index contributed by atoms with van der Waals surface area (Å²) >= 11 is 0. The van der Waals surface area contributed by atoms with Crippen molar-refractivity contribution in [3.05, 3.63) is 12.2 Å². The van der Waals surface area contributed by atoms with Gasteiger partial charge in [0.1, 0.15) is 12.7 Å². The Morgan fingerprint density at radius 1 is 0.617 bits per heavy atom. The Bertz CT molecular complexity index is 807. The highest BCUT2D eigenvalue weighted by molar-refractivity contribution is 7.47. The maximum atomic E-state index is 12.4. The Kier molecular flexibility index (Phi) is 32.3. The largest absolute Gasteiger partial charge is 0.472 e. The van der Waals surface area contributed by atoms with Crippen LogP contribution in [-0.2, 0) is 32.7 Å². The lowest BCUT2D eigenvalue weighted by atomic mass is 10.1. The van der Waals surface area contributed by atoms with Crippen LogP contribution in [0.3, 0.4) is 0 Å². The van der Waals surface area contributed by atoms with E-state index >= 15 is 0 Å². The lowest BCUT2D eigenvalue weighted by molar-refractivity contribution is -0.161. The van der Waals surface area contributed by atoms with Gasteiger partial charge in [-0.3, -0.25) is 18.6 Å². The summed E-state index contributed by atoms with van der Waals surface area (Å²) in [6, 6.07) is 0. The number of carbonyl (C=O) groups excluding carboxylic acids is 2. The summed E-state index contributed by atoms with van der Waals surface area (Å²) in [6.45, 7) is 2.30. The van der Waals surface area contributed by atoms with Gasteiger partial charge in [0.15, 0.2) is 6.10 Å². The van der Waals surface area contributed by atoms with Gasteiger partial charge in [0.05, 0.1) is 19.8 Å². The van der Waals surface area contributed by atoms with Crippen LogP contribution in [0.25, 0.3) is 0 Å². The third-order valence-electron chi connectivity index (χ3n) is 7.92. The standard InChI is InChI=1S/C36H69O10P/c1-3-5-7-9-11-12-13-14-15-16-17-18-19-20-22-23-25-27-35(39)43-31-34(32-45-47(41,42)44-30-33(38)29-37)46-36(40)28-26-24-21-10-8-6-4-2/h12-13,33-34,37-38H,3-11,14-32H2,1-2H3,(H,41,42)/b13-12+/t33-,34+/m1/s1. The predicted molar refractivity (Wildman–Crippen MR) is 187 cm³/mol. The highest BCUT2D eigenvalue weighted by Crippen LogP contribution is 2.43. The van der Waals surface area contributed by atoms with Gasteiger partial charge in [-0.25, -0.2) is 4.57 Å². The second kappa shape index (κ2) is 33.2. The third kappa shape index (κ3) is 33.0. The molecular formula is C36H69O10P. The summed E-state index contributed by atoms with van der Waals surface area (Å²) in [5, 5.41) is 18.2. The molecule has 0 aromatic rings. The SMILES string of the molecule is CCCCCC/C=C/CCCCCCCCCCCC(=O)OC[C@@H](COP(=O)(O)OC[C@H](O)CO)OC(=O)CCCCCCCCC. The van der Waals surface area contributed by atoms with Gasteiger partial charge in [0, 0.05) is 12.8 Å². The number of ether oxygens (including phenoxy) is 2. The Labute approximate surface area is 286 Å². The Morgan fingerprint density at radius 3 is 1.55 bits per heavy atom. The molecule has 0 rings (SSSR count). The second-order valence-electron chi connectivity index (χ2n) is 12.6. The molecule has 0 bridgehead atoms. The fourth-order valence-corrected chi connectivity index (χ4v) is 5.78. The van der Waals surface area contributed by atoms with Crippen molar-refractivity contribution in [2.24, 2.45) is 0 Å². The number of hydrogen-bond acceptors (Lipinski definition) is 9. The molecule has 0 amide bonds. The zero-order valence-electron chi connectivity index (χ0n) is 29.8. The molecule has 0 aromatic heterocycles. The van der Waals surface area contributed by atoms with Crippen LogP contribution in [0.5, 0.6) is 0 Å². The number of rotatable bonds is 35. The number of unbranched alkanes of at least 4 members (excludes halogenated alkanes) is 19. The smallest absolute Gasteiger partial charge is 0.462 e. The van der Waals surface area contributed by atoms with E-state index in [2.05, 4.69) is 30.5 Å². The Morgan fingerprint density at radius 2 is 1.04 bits per heavy atom. The Balaban J connectivity index is 4.23. The van der Waals surface area contributed by atoms with Crippen molar-refractivity contribution in [3.63, 3.8) is 0 Å². The summed E-state index contributed by atoms with van der Waals surface area (Å²) in [4.78, 5) is 34.6. The number of phosphoric acid groups is 1. The van der Waals surface area contributed by atoms with Crippen LogP contribution in [-0.4, -0.2) is 65.7 Å². The van der Waals surface area contributed by atoms with E-state index in [0.29, 0.717) is 12.8 Å². The quantitative estimate of drug-likeness (QED) is 0.0254. The van der Waals surface area contributed by atoms with Gasteiger partial charge in [-0.1, -0.05) is 129 Å². The molecule has 11 heteroatoms. The summed E-state index contributed by atoms with van der Waals surface area (Å²) in [7, 11) is -4.60. The molecule has 3 N–H and O–H groups in total. The Hall–Kier alpha value is -1.29. The van der Waals surface area contributed by atoms with E-state index in [1.807, 2.05) is 0 Å². The van der Waals surface area contributed by atoms with Gasteiger partial charge < -0.3 is 24.6 Å². The minimum atomic E-state index is -4.60. The minimum absolute atomic E-state index is 0.185. The molecule has 10 nitrogen and oxygen atoms in total. The molecule has 0 aliphatic carbocycles. The van der Waals surface area contributed by atoms with Crippen molar-refractivity contribution < 1.29 is 47.8 Å². The second-order valence-corrected chi connectivity index (χ2v) is 14.1. The summed E-state index contributed by atoms with van der Waals surface area (Å²) in [6.07, 6.45) is 27.8. The van der Waals surface area contributed by atoms with Crippen LogP contribution in [0, 0.1) is 0 Å². The first kappa shape index (κ1) is 45.7. The van der Waals surface area contributed by atoms with Crippen LogP contribution >= 0.6 is 7.82 Å². The molecule has 0 aromatic carbocycles. The fourth-order valence-electron chi connectivity index (χ4n) is 4.99. The van der Waals surface area contributed by atoms with Crippen molar-refractivity contribution in [3.8, 4) is 0 Å². The first-order valence-corrected chi connectivity index (χ1v) is 20.1. The number of aliphatic hydroxyl groups excluding tert-OH is 2. The molecule has 278 valence electrons. The van der Waals surface area contributed by atoms with Crippen LogP contribution in [0.2, 0.25) is 0 Å². The van der Waals surface area contributed by atoms with Crippen molar-refractivity contribution in [2.75, 3.05) is 26.4 Å². The van der Waals surface area contributed by atoms with Crippen LogP contribution in [0.4, 0.5) is 0 Å².